The third-order valence-electron chi connectivity index (χ3n) is 2.70. The van der Waals surface area contributed by atoms with Gasteiger partial charge in [-0.15, -0.1) is 6.58 Å². The number of anilines is 1. The number of carbonyl (C=O) groups excluding carboxylic acids is 1. The maximum Gasteiger partial charge on any atom is 0.337 e. The van der Waals surface area contributed by atoms with Crippen LogP contribution in [0.1, 0.15) is 23.2 Å². The molecule has 0 bridgehead atoms. The number of carbonyl (C=O) groups is 2. The van der Waals surface area contributed by atoms with Crippen LogP contribution in [0.25, 0.3) is 0 Å². The second-order valence-corrected chi connectivity index (χ2v) is 5.19. The van der Waals surface area contributed by atoms with Crippen LogP contribution in [0.4, 0.5) is 10.5 Å². The number of benzene rings is 1. The molecule has 0 aliphatic rings. The van der Waals surface area contributed by atoms with Crippen LogP contribution in [0.2, 0.25) is 0 Å². The predicted octanol–water partition coefficient (Wildman–Crippen LogP) is 3.58. The van der Waals surface area contributed by atoms with Crippen molar-refractivity contribution in [2.45, 2.75) is 12.8 Å². The van der Waals surface area contributed by atoms with Crippen LogP contribution in [-0.2, 0) is 0 Å². The van der Waals surface area contributed by atoms with Gasteiger partial charge in [-0.05, 0) is 31.0 Å². The van der Waals surface area contributed by atoms with E-state index in [1.54, 1.807) is 25.3 Å². The Balaban J connectivity index is 2.75. The maximum absolute atomic E-state index is 12.0. The van der Waals surface area contributed by atoms with E-state index in [2.05, 4.69) is 27.8 Å². The highest BCUT2D eigenvalue weighted by molar-refractivity contribution is 9.10. The van der Waals surface area contributed by atoms with E-state index < -0.39 is 5.97 Å². The summed E-state index contributed by atoms with van der Waals surface area (Å²) in [7, 11) is 1.66. The zero-order valence-corrected chi connectivity index (χ0v) is 12.8. The number of rotatable bonds is 6. The van der Waals surface area contributed by atoms with Gasteiger partial charge in [0.1, 0.15) is 0 Å². The zero-order chi connectivity index (χ0) is 15.1. The molecule has 20 heavy (non-hydrogen) atoms. The van der Waals surface area contributed by atoms with Crippen molar-refractivity contribution >= 4 is 33.6 Å². The monoisotopic (exact) mass is 340 g/mol. The van der Waals surface area contributed by atoms with E-state index in [0.717, 1.165) is 12.8 Å². The number of urea groups is 1. The number of aromatic carboxylic acids is 1. The van der Waals surface area contributed by atoms with Crippen LogP contribution in [0, 0.1) is 0 Å². The molecule has 0 radical (unpaired) electrons. The highest BCUT2D eigenvalue weighted by atomic mass is 79.9. The van der Waals surface area contributed by atoms with E-state index in [1.807, 2.05) is 0 Å². The minimum absolute atomic E-state index is 0.0483. The van der Waals surface area contributed by atoms with Crippen molar-refractivity contribution in [3.05, 3.63) is 40.9 Å². The number of hydrogen-bond donors (Lipinski definition) is 2. The van der Waals surface area contributed by atoms with E-state index >= 15 is 0 Å². The molecule has 2 N–H and O–H groups in total. The molecule has 1 aromatic carbocycles. The first-order valence-corrected chi connectivity index (χ1v) is 6.91. The third kappa shape index (κ3) is 4.70. The number of nitrogens with one attached hydrogen (secondary N) is 1. The lowest BCUT2D eigenvalue weighted by Gasteiger charge is -2.18. The summed E-state index contributed by atoms with van der Waals surface area (Å²) in [6, 6.07) is 4.36. The van der Waals surface area contributed by atoms with Crippen LogP contribution in [0.3, 0.4) is 0 Å². The minimum Gasteiger partial charge on any atom is -0.478 e. The van der Waals surface area contributed by atoms with Crippen molar-refractivity contribution in [1.29, 1.82) is 0 Å². The van der Waals surface area contributed by atoms with E-state index in [9.17, 15) is 9.59 Å². The van der Waals surface area contributed by atoms with Crippen LogP contribution in [0.15, 0.2) is 35.3 Å². The van der Waals surface area contributed by atoms with Gasteiger partial charge in [0.15, 0.2) is 0 Å². The SMILES string of the molecule is C=CCCCN(C)C(=O)Nc1ccc(Br)cc1C(=O)O. The molecule has 5 nitrogen and oxygen atoms in total. The van der Waals surface area contributed by atoms with Gasteiger partial charge in [-0.25, -0.2) is 9.59 Å². The molecular formula is C14H17BrN2O3. The lowest BCUT2D eigenvalue weighted by molar-refractivity contribution is 0.0698. The molecule has 0 aliphatic carbocycles. The van der Waals surface area contributed by atoms with Crippen molar-refractivity contribution in [2.24, 2.45) is 0 Å². The molecule has 1 rings (SSSR count). The Morgan fingerprint density at radius 1 is 1.50 bits per heavy atom. The molecule has 1 aromatic rings. The summed E-state index contributed by atoms with van der Waals surface area (Å²) in [5.74, 6) is -1.09. The number of halogens is 1. The third-order valence-corrected chi connectivity index (χ3v) is 3.20. The summed E-state index contributed by atoms with van der Waals surface area (Å²) in [6.45, 7) is 4.20. The largest absolute Gasteiger partial charge is 0.478 e. The van der Waals surface area contributed by atoms with Crippen LogP contribution in [-0.4, -0.2) is 35.6 Å². The van der Waals surface area contributed by atoms with E-state index in [0.29, 0.717) is 11.0 Å². The van der Waals surface area contributed by atoms with Crippen molar-refractivity contribution in [3.63, 3.8) is 0 Å². The topological polar surface area (TPSA) is 69.6 Å². The molecule has 0 aromatic heterocycles. The van der Waals surface area contributed by atoms with Gasteiger partial charge in [0.2, 0.25) is 0 Å². The van der Waals surface area contributed by atoms with Gasteiger partial charge in [-0.3, -0.25) is 0 Å². The Bertz CT molecular complexity index is 517. The molecule has 2 amide bonds. The highest BCUT2D eigenvalue weighted by Crippen LogP contribution is 2.21. The van der Waals surface area contributed by atoms with Crippen LogP contribution < -0.4 is 5.32 Å². The second-order valence-electron chi connectivity index (χ2n) is 4.28. The summed E-state index contributed by atoms with van der Waals surface area (Å²) < 4.78 is 0.646. The number of carboxylic acids is 1. The van der Waals surface area contributed by atoms with Crippen LogP contribution in [0.5, 0.6) is 0 Å². The van der Waals surface area contributed by atoms with Crippen molar-refractivity contribution in [3.8, 4) is 0 Å². The summed E-state index contributed by atoms with van der Waals surface area (Å²) in [6.07, 6.45) is 3.44. The van der Waals surface area contributed by atoms with E-state index in [4.69, 9.17) is 5.11 Å². The Kier molecular flexibility index (Phi) is 6.24. The van der Waals surface area contributed by atoms with Gasteiger partial charge in [0, 0.05) is 18.1 Å². The highest BCUT2D eigenvalue weighted by Gasteiger charge is 2.15. The van der Waals surface area contributed by atoms with Gasteiger partial charge in [0.25, 0.3) is 0 Å². The fourth-order valence-electron chi connectivity index (χ4n) is 1.59. The first kappa shape index (κ1) is 16.2. The Hall–Kier alpha value is -1.82. The normalized spacial score (nSPS) is 9.90. The van der Waals surface area contributed by atoms with E-state index in [-0.39, 0.29) is 17.3 Å². The van der Waals surface area contributed by atoms with E-state index in [1.165, 1.54) is 11.0 Å². The summed E-state index contributed by atoms with van der Waals surface area (Å²) >= 11 is 3.21. The summed E-state index contributed by atoms with van der Waals surface area (Å²) in [5, 5.41) is 11.7. The first-order chi connectivity index (χ1) is 9.45. The molecule has 0 unspecified atom stereocenters. The fourth-order valence-corrected chi connectivity index (χ4v) is 1.95. The molecule has 0 spiro atoms. The zero-order valence-electron chi connectivity index (χ0n) is 11.2. The smallest absolute Gasteiger partial charge is 0.337 e. The lowest BCUT2D eigenvalue weighted by atomic mass is 10.2. The molecule has 0 saturated carbocycles. The average Bonchev–Trinajstić information content (AvgIpc) is 2.40. The number of amides is 2. The van der Waals surface area contributed by atoms with Crippen molar-refractivity contribution < 1.29 is 14.7 Å². The van der Waals surface area contributed by atoms with Crippen LogP contribution >= 0.6 is 15.9 Å². The van der Waals surface area contributed by atoms with Gasteiger partial charge < -0.3 is 15.3 Å². The molecule has 0 fully saturated rings. The fraction of sp³-hybridized carbons (Fsp3) is 0.286. The predicted molar refractivity (Wildman–Crippen MR) is 82.2 cm³/mol. The average molecular weight is 341 g/mol. The number of nitrogens with zero attached hydrogens (tertiary/aromatic N) is 1. The minimum atomic E-state index is -1.09. The molecule has 6 heteroatoms. The Morgan fingerprint density at radius 2 is 2.20 bits per heavy atom. The molecular weight excluding hydrogens is 324 g/mol. The molecule has 108 valence electrons. The number of hydrogen-bond acceptors (Lipinski definition) is 2. The standard InChI is InChI=1S/C14H17BrN2O3/c1-3-4-5-8-17(2)14(20)16-12-7-6-10(15)9-11(12)13(18)19/h3,6-7,9H,1,4-5,8H2,2H3,(H,16,20)(H,18,19). The van der Waals surface area contributed by atoms with Crippen molar-refractivity contribution in [1.82, 2.24) is 4.90 Å². The van der Waals surface area contributed by atoms with Crippen molar-refractivity contribution in [2.75, 3.05) is 18.9 Å². The number of unbranched alkanes of at least 4 members (excludes halogenated alkanes) is 1. The molecule has 0 aliphatic heterocycles. The summed E-state index contributed by atoms with van der Waals surface area (Å²) in [5.41, 5.74) is 0.327. The quantitative estimate of drug-likeness (QED) is 0.614. The Morgan fingerprint density at radius 3 is 2.80 bits per heavy atom. The van der Waals surface area contributed by atoms with Gasteiger partial charge in [-0.1, -0.05) is 22.0 Å². The Labute approximate surface area is 126 Å². The molecule has 0 atom stereocenters. The number of carboxylic acid groups (broad SMARTS) is 1. The first-order valence-electron chi connectivity index (χ1n) is 6.11. The van der Waals surface area contributed by atoms with Gasteiger partial charge in [-0.2, -0.15) is 0 Å². The lowest BCUT2D eigenvalue weighted by Crippen LogP contribution is -2.32. The number of allylic oxidation sites excluding steroid dienone is 1. The van der Waals surface area contributed by atoms with Gasteiger partial charge in [0.05, 0.1) is 11.3 Å². The summed E-state index contributed by atoms with van der Waals surface area (Å²) in [4.78, 5) is 24.6. The maximum atomic E-state index is 12.0. The molecule has 0 heterocycles. The molecule has 0 saturated heterocycles. The van der Waals surface area contributed by atoms with Gasteiger partial charge >= 0.3 is 12.0 Å². The second kappa shape index (κ2) is 7.69.